The molecule has 2 unspecified atom stereocenters. The topological polar surface area (TPSA) is 32.8 Å². The maximum Gasteiger partial charge on any atom is 0.154 e. The van der Waals surface area contributed by atoms with E-state index in [4.69, 9.17) is 4.74 Å². The number of rotatable bonds is 5. The molecular formula is C28H28N2O2. The number of carbonyl (C=O) groups is 1. The molecular weight excluding hydrogens is 396 g/mol. The van der Waals surface area contributed by atoms with Crippen molar-refractivity contribution in [1.29, 1.82) is 0 Å². The van der Waals surface area contributed by atoms with E-state index in [2.05, 4.69) is 77.4 Å². The van der Waals surface area contributed by atoms with Gasteiger partial charge in [0.2, 0.25) is 0 Å². The van der Waals surface area contributed by atoms with Crippen LogP contribution in [0.4, 0.5) is 0 Å². The van der Waals surface area contributed by atoms with E-state index in [0.29, 0.717) is 12.4 Å². The molecule has 3 aromatic rings. The summed E-state index contributed by atoms with van der Waals surface area (Å²) in [5.74, 6) is 1.31. The van der Waals surface area contributed by atoms with E-state index < -0.39 is 5.41 Å². The monoisotopic (exact) mass is 424 g/mol. The Balaban J connectivity index is 1.25. The van der Waals surface area contributed by atoms with Crippen LogP contribution in [-0.2, 0) is 16.8 Å². The van der Waals surface area contributed by atoms with E-state index in [1.807, 2.05) is 24.3 Å². The molecule has 0 amide bonds. The molecule has 4 aliphatic heterocycles. The van der Waals surface area contributed by atoms with Crippen LogP contribution in [0.25, 0.3) is 0 Å². The number of Topliss-reactive ketones (excluding diaryl/α,β-unsaturated/α-hetero) is 1. The van der Waals surface area contributed by atoms with Gasteiger partial charge in [-0.15, -0.1) is 0 Å². The van der Waals surface area contributed by atoms with Gasteiger partial charge in [0.1, 0.15) is 12.4 Å². The van der Waals surface area contributed by atoms with Gasteiger partial charge >= 0.3 is 0 Å². The summed E-state index contributed by atoms with van der Waals surface area (Å²) in [4.78, 5) is 18.7. The van der Waals surface area contributed by atoms with Gasteiger partial charge in [0, 0.05) is 26.2 Å². The summed E-state index contributed by atoms with van der Waals surface area (Å²) in [7, 11) is 0. The van der Waals surface area contributed by atoms with Crippen molar-refractivity contribution in [3.63, 3.8) is 0 Å². The fourth-order valence-corrected chi connectivity index (χ4v) is 6.21. The summed E-state index contributed by atoms with van der Waals surface area (Å²) < 4.78 is 5.98. The molecule has 0 saturated carbocycles. The van der Waals surface area contributed by atoms with Crippen molar-refractivity contribution in [2.75, 3.05) is 26.2 Å². The second-order valence-corrected chi connectivity index (χ2v) is 9.86. The number of ketones is 1. The molecule has 4 saturated heterocycles. The number of piperidine rings is 2. The summed E-state index contributed by atoms with van der Waals surface area (Å²) >= 11 is 0. The Kier molecular flexibility index (Phi) is 4.49. The number of ether oxygens (including phenoxy) is 1. The smallest absolute Gasteiger partial charge is 0.154 e. The van der Waals surface area contributed by atoms with Gasteiger partial charge in [-0.3, -0.25) is 14.6 Å². The molecule has 7 rings (SSSR count). The highest BCUT2D eigenvalue weighted by Gasteiger charge is 2.64. The first-order valence-corrected chi connectivity index (χ1v) is 11.4. The molecule has 0 aromatic heterocycles. The van der Waals surface area contributed by atoms with Crippen molar-refractivity contribution >= 4 is 5.78 Å². The number of nitrogens with zero attached hydrogens (tertiary/aromatic N) is 2. The average Bonchev–Trinajstić information content (AvgIpc) is 2.82. The third-order valence-electron chi connectivity index (χ3n) is 7.48. The molecule has 32 heavy (non-hydrogen) atoms. The number of hydrogen-bond donors (Lipinski definition) is 0. The zero-order valence-electron chi connectivity index (χ0n) is 18.4. The average molecular weight is 425 g/mol. The molecule has 4 aliphatic rings. The summed E-state index contributed by atoms with van der Waals surface area (Å²) in [5, 5.41) is 0. The lowest BCUT2D eigenvalue weighted by Gasteiger charge is -2.65. The zero-order chi connectivity index (χ0) is 21.8. The lowest BCUT2D eigenvalue weighted by molar-refractivity contribution is -0.185. The minimum atomic E-state index is -0.415. The molecule has 4 bridgehead atoms. The van der Waals surface area contributed by atoms with Crippen LogP contribution in [0, 0.1) is 5.41 Å². The third-order valence-corrected chi connectivity index (χ3v) is 7.48. The molecule has 2 atom stereocenters. The van der Waals surface area contributed by atoms with Crippen molar-refractivity contribution < 1.29 is 9.53 Å². The van der Waals surface area contributed by atoms with Crippen LogP contribution >= 0.6 is 0 Å². The van der Waals surface area contributed by atoms with Crippen LogP contribution in [0.15, 0.2) is 84.9 Å². The molecule has 162 valence electrons. The normalized spacial score (nSPS) is 32.8. The molecule has 4 fully saturated rings. The lowest BCUT2D eigenvalue weighted by Crippen LogP contribution is -2.77. The highest BCUT2D eigenvalue weighted by atomic mass is 16.5. The number of carbonyl (C=O) groups excluding carboxylic acids is 1. The summed E-state index contributed by atoms with van der Waals surface area (Å²) in [6.07, 6.45) is 0.219. The fourth-order valence-electron chi connectivity index (χ4n) is 6.21. The van der Waals surface area contributed by atoms with Crippen LogP contribution in [0.5, 0.6) is 5.75 Å². The van der Waals surface area contributed by atoms with E-state index in [0.717, 1.165) is 37.5 Å². The van der Waals surface area contributed by atoms with Gasteiger partial charge < -0.3 is 4.74 Å². The molecule has 0 aliphatic carbocycles. The Bertz CT molecular complexity index is 1110. The van der Waals surface area contributed by atoms with Crippen molar-refractivity contribution in [2.24, 2.45) is 5.41 Å². The first-order chi connectivity index (χ1) is 15.6. The Morgan fingerprint density at radius 2 is 1.41 bits per heavy atom. The van der Waals surface area contributed by atoms with E-state index in [9.17, 15) is 4.79 Å². The molecule has 4 nitrogen and oxygen atoms in total. The minimum Gasteiger partial charge on any atom is -0.489 e. The van der Waals surface area contributed by atoms with Crippen LogP contribution in [0.3, 0.4) is 0 Å². The van der Waals surface area contributed by atoms with Gasteiger partial charge in [0.15, 0.2) is 5.78 Å². The quantitative estimate of drug-likeness (QED) is 0.607. The first kappa shape index (κ1) is 19.7. The maximum absolute atomic E-state index is 13.6. The van der Waals surface area contributed by atoms with Gasteiger partial charge in [0.25, 0.3) is 0 Å². The number of hydrogen-bond acceptors (Lipinski definition) is 4. The minimum absolute atomic E-state index is 0.219. The van der Waals surface area contributed by atoms with Crippen LogP contribution in [0.2, 0.25) is 0 Å². The van der Waals surface area contributed by atoms with Crippen molar-refractivity contribution in [1.82, 2.24) is 9.80 Å². The van der Waals surface area contributed by atoms with Crippen LogP contribution in [-0.4, -0.2) is 41.8 Å². The SMILES string of the molecule is CC12CN3CC(c4ccccc4)(CN(C1)C3c1ccc(OCc3ccccc3)cc1)C2=O. The van der Waals surface area contributed by atoms with Gasteiger partial charge in [-0.2, -0.15) is 0 Å². The largest absolute Gasteiger partial charge is 0.489 e. The van der Waals surface area contributed by atoms with Crippen molar-refractivity contribution in [3.05, 3.63) is 102 Å². The zero-order valence-corrected chi connectivity index (χ0v) is 18.4. The fraction of sp³-hybridized carbons (Fsp3) is 0.321. The molecule has 4 heteroatoms. The molecule has 4 heterocycles. The molecule has 0 N–H and O–H groups in total. The van der Waals surface area contributed by atoms with Crippen molar-refractivity contribution in [3.8, 4) is 5.75 Å². The van der Waals surface area contributed by atoms with E-state index >= 15 is 0 Å². The Hall–Kier alpha value is -2.95. The predicted molar refractivity (Wildman–Crippen MR) is 124 cm³/mol. The lowest BCUT2D eigenvalue weighted by atomic mass is 9.58. The van der Waals surface area contributed by atoms with Gasteiger partial charge in [-0.05, 0) is 28.8 Å². The summed E-state index contributed by atoms with van der Waals surface area (Å²) in [5.41, 5.74) is 2.88. The van der Waals surface area contributed by atoms with E-state index in [1.54, 1.807) is 0 Å². The van der Waals surface area contributed by atoms with Crippen molar-refractivity contribution in [2.45, 2.75) is 25.1 Å². The van der Waals surface area contributed by atoms with E-state index in [1.165, 1.54) is 11.1 Å². The van der Waals surface area contributed by atoms with E-state index in [-0.39, 0.29) is 11.6 Å². The highest BCUT2D eigenvalue weighted by Crippen LogP contribution is 2.53. The third kappa shape index (κ3) is 3.01. The summed E-state index contributed by atoms with van der Waals surface area (Å²) in [6.45, 7) is 5.96. The highest BCUT2D eigenvalue weighted by molar-refractivity contribution is 5.97. The van der Waals surface area contributed by atoms with Gasteiger partial charge in [0.05, 0.1) is 17.0 Å². The Morgan fingerprint density at radius 1 is 0.812 bits per heavy atom. The maximum atomic E-state index is 13.6. The molecule has 0 radical (unpaired) electrons. The Labute approximate surface area is 189 Å². The standard InChI is InChI=1S/C28H28N2O2/c1-27-17-29-19-28(26(27)31,23-10-6-3-7-11-23)20-30(18-27)25(29)22-12-14-24(15-13-22)32-16-21-8-4-2-5-9-21/h2-15,25H,16-20H2,1H3. The number of benzene rings is 3. The van der Waals surface area contributed by atoms with Crippen LogP contribution < -0.4 is 4.74 Å². The van der Waals surface area contributed by atoms with Gasteiger partial charge in [-0.1, -0.05) is 79.7 Å². The van der Waals surface area contributed by atoms with Gasteiger partial charge in [-0.25, -0.2) is 0 Å². The molecule has 0 spiro atoms. The summed E-state index contributed by atoms with van der Waals surface area (Å²) in [6, 6.07) is 29.2. The second-order valence-electron chi connectivity index (χ2n) is 9.86. The Morgan fingerprint density at radius 3 is 2.03 bits per heavy atom. The van der Waals surface area contributed by atoms with Crippen LogP contribution in [0.1, 0.15) is 29.8 Å². The molecule has 3 aromatic carbocycles. The predicted octanol–water partition coefficient (Wildman–Crippen LogP) is 4.42. The first-order valence-electron chi connectivity index (χ1n) is 11.4. The second kappa shape index (κ2) is 7.29.